The number of hydrogen-bond donors (Lipinski definition) is 2. The second-order valence-corrected chi connectivity index (χ2v) is 5.31. The van der Waals surface area contributed by atoms with E-state index in [1.165, 1.54) is 0 Å². The van der Waals surface area contributed by atoms with Crippen molar-refractivity contribution < 1.29 is 14.6 Å². The van der Waals surface area contributed by atoms with E-state index in [9.17, 15) is 9.90 Å². The van der Waals surface area contributed by atoms with Gasteiger partial charge in [0.2, 0.25) is 0 Å². The van der Waals surface area contributed by atoms with E-state index in [2.05, 4.69) is 5.32 Å². The first-order valence-electron chi connectivity index (χ1n) is 7.58. The molecule has 0 radical (unpaired) electrons. The summed E-state index contributed by atoms with van der Waals surface area (Å²) < 4.78 is 5.18. The summed E-state index contributed by atoms with van der Waals surface area (Å²) in [7, 11) is 0. The minimum Gasteiger partial charge on any atom is -0.508 e. The normalized spacial score (nSPS) is 10.2. The molecular formula is C20H17NO3. The lowest BCUT2D eigenvalue weighted by Crippen LogP contribution is -2.13. The van der Waals surface area contributed by atoms with Crippen molar-refractivity contribution in [2.24, 2.45) is 0 Å². The van der Waals surface area contributed by atoms with Gasteiger partial charge >= 0.3 is 6.09 Å². The minimum atomic E-state index is -0.490. The van der Waals surface area contributed by atoms with Gasteiger partial charge in [-0.2, -0.15) is 0 Å². The number of anilines is 1. The van der Waals surface area contributed by atoms with Crippen LogP contribution in [0.2, 0.25) is 0 Å². The Morgan fingerprint density at radius 2 is 1.42 bits per heavy atom. The maximum atomic E-state index is 11.8. The second kappa shape index (κ2) is 7.33. The number of carbonyl (C=O) groups is 1. The summed E-state index contributed by atoms with van der Waals surface area (Å²) in [5.41, 5.74) is 3.59. The third-order valence-corrected chi connectivity index (χ3v) is 3.54. The molecule has 0 fully saturated rings. The van der Waals surface area contributed by atoms with Crippen molar-refractivity contribution in [3.05, 3.63) is 84.4 Å². The Labute approximate surface area is 140 Å². The van der Waals surface area contributed by atoms with Crippen molar-refractivity contribution in [1.29, 1.82) is 0 Å². The molecule has 0 atom stereocenters. The van der Waals surface area contributed by atoms with E-state index in [0.29, 0.717) is 5.69 Å². The van der Waals surface area contributed by atoms with Gasteiger partial charge < -0.3 is 9.84 Å². The molecule has 0 spiro atoms. The molecule has 0 aliphatic heterocycles. The molecule has 3 aromatic carbocycles. The van der Waals surface area contributed by atoms with Gasteiger partial charge in [-0.1, -0.05) is 54.6 Å². The maximum absolute atomic E-state index is 11.8. The lowest BCUT2D eigenvalue weighted by Gasteiger charge is -2.08. The first kappa shape index (κ1) is 15.6. The van der Waals surface area contributed by atoms with Crippen molar-refractivity contribution in [2.45, 2.75) is 6.61 Å². The summed E-state index contributed by atoms with van der Waals surface area (Å²) in [6, 6.07) is 23.9. The summed E-state index contributed by atoms with van der Waals surface area (Å²) in [6.07, 6.45) is -0.490. The summed E-state index contributed by atoms with van der Waals surface area (Å²) in [5.74, 6) is 0.234. The van der Waals surface area contributed by atoms with Crippen molar-refractivity contribution in [1.82, 2.24) is 0 Å². The highest BCUT2D eigenvalue weighted by Gasteiger charge is 2.04. The molecule has 0 aliphatic carbocycles. The number of aromatic hydroxyl groups is 1. The van der Waals surface area contributed by atoms with Crippen LogP contribution in [0.15, 0.2) is 78.9 Å². The van der Waals surface area contributed by atoms with Crippen LogP contribution in [0.1, 0.15) is 5.56 Å². The lowest BCUT2D eigenvalue weighted by molar-refractivity contribution is 0.155. The van der Waals surface area contributed by atoms with Crippen LogP contribution < -0.4 is 5.32 Å². The summed E-state index contributed by atoms with van der Waals surface area (Å²) in [4.78, 5) is 11.8. The molecule has 120 valence electrons. The van der Waals surface area contributed by atoms with Gasteiger partial charge in [0.1, 0.15) is 12.4 Å². The Hall–Kier alpha value is -3.27. The highest BCUT2D eigenvalue weighted by molar-refractivity contribution is 5.85. The van der Waals surface area contributed by atoms with Crippen molar-refractivity contribution >= 4 is 11.8 Å². The van der Waals surface area contributed by atoms with Gasteiger partial charge in [-0.05, 0) is 41.0 Å². The topological polar surface area (TPSA) is 58.6 Å². The van der Waals surface area contributed by atoms with E-state index in [4.69, 9.17) is 4.74 Å². The number of phenols is 1. The molecule has 3 rings (SSSR count). The zero-order valence-corrected chi connectivity index (χ0v) is 13.0. The maximum Gasteiger partial charge on any atom is 0.411 e. The van der Waals surface area contributed by atoms with Gasteiger partial charge in [-0.25, -0.2) is 4.79 Å². The molecule has 0 unspecified atom stereocenters. The van der Waals surface area contributed by atoms with Gasteiger partial charge in [0, 0.05) is 5.69 Å². The number of carbonyl (C=O) groups excluding carboxylic acids is 1. The quantitative estimate of drug-likeness (QED) is 0.725. The second-order valence-electron chi connectivity index (χ2n) is 5.31. The Morgan fingerprint density at radius 1 is 0.833 bits per heavy atom. The fourth-order valence-corrected chi connectivity index (χ4v) is 2.28. The molecule has 0 saturated carbocycles. The van der Waals surface area contributed by atoms with E-state index >= 15 is 0 Å². The molecule has 0 bridgehead atoms. The number of rotatable bonds is 4. The standard InChI is InChI=1S/C20H17NO3/c22-19-12-8-17(9-13-19)16-6-10-18(11-7-16)21-20(23)24-14-15-4-2-1-3-5-15/h1-13,22H,14H2,(H,21,23). The van der Waals surface area contributed by atoms with Gasteiger partial charge in [0.05, 0.1) is 0 Å². The van der Waals surface area contributed by atoms with Gasteiger partial charge in [-0.3, -0.25) is 5.32 Å². The lowest BCUT2D eigenvalue weighted by atomic mass is 10.1. The van der Waals surface area contributed by atoms with Crippen LogP contribution >= 0.6 is 0 Å². The summed E-state index contributed by atoms with van der Waals surface area (Å²) in [5, 5.41) is 12.0. The van der Waals surface area contributed by atoms with E-state index in [-0.39, 0.29) is 12.4 Å². The van der Waals surface area contributed by atoms with Crippen LogP contribution in [0.5, 0.6) is 5.75 Å². The number of amides is 1. The number of benzene rings is 3. The molecular weight excluding hydrogens is 302 g/mol. The summed E-state index contributed by atoms with van der Waals surface area (Å²) >= 11 is 0. The minimum absolute atomic E-state index is 0.234. The molecule has 0 saturated heterocycles. The number of ether oxygens (including phenoxy) is 1. The fraction of sp³-hybridized carbons (Fsp3) is 0.0500. The predicted octanol–water partition coefficient (Wildman–Crippen LogP) is 4.81. The van der Waals surface area contributed by atoms with Crippen LogP contribution in [0.25, 0.3) is 11.1 Å². The predicted molar refractivity (Wildman–Crippen MR) is 93.8 cm³/mol. The Bertz CT molecular complexity index is 797. The number of hydrogen-bond acceptors (Lipinski definition) is 3. The third-order valence-electron chi connectivity index (χ3n) is 3.54. The highest BCUT2D eigenvalue weighted by Crippen LogP contribution is 2.23. The molecule has 4 heteroatoms. The number of nitrogens with one attached hydrogen (secondary N) is 1. The molecule has 3 aromatic rings. The smallest absolute Gasteiger partial charge is 0.411 e. The van der Waals surface area contributed by atoms with E-state index in [1.807, 2.05) is 66.7 Å². The first-order chi connectivity index (χ1) is 11.7. The molecule has 24 heavy (non-hydrogen) atoms. The first-order valence-corrected chi connectivity index (χ1v) is 7.58. The molecule has 1 amide bonds. The van der Waals surface area contributed by atoms with Crippen molar-refractivity contribution in [3.8, 4) is 16.9 Å². The Balaban J connectivity index is 1.57. The van der Waals surface area contributed by atoms with E-state index in [1.54, 1.807) is 12.1 Å². The third kappa shape index (κ3) is 4.14. The summed E-state index contributed by atoms with van der Waals surface area (Å²) in [6.45, 7) is 0.234. The van der Waals surface area contributed by atoms with Crippen molar-refractivity contribution in [3.63, 3.8) is 0 Å². The highest BCUT2D eigenvalue weighted by atomic mass is 16.5. The fourth-order valence-electron chi connectivity index (χ4n) is 2.28. The van der Waals surface area contributed by atoms with E-state index < -0.39 is 6.09 Å². The zero-order chi connectivity index (χ0) is 16.8. The van der Waals surface area contributed by atoms with Gasteiger partial charge in [-0.15, -0.1) is 0 Å². The molecule has 4 nitrogen and oxygen atoms in total. The molecule has 0 aliphatic rings. The zero-order valence-electron chi connectivity index (χ0n) is 13.0. The molecule has 0 aromatic heterocycles. The largest absolute Gasteiger partial charge is 0.508 e. The number of phenolic OH excluding ortho intramolecular Hbond substituents is 1. The molecule has 2 N–H and O–H groups in total. The van der Waals surface area contributed by atoms with Gasteiger partial charge in [0.25, 0.3) is 0 Å². The van der Waals surface area contributed by atoms with E-state index in [0.717, 1.165) is 16.7 Å². The average molecular weight is 319 g/mol. The van der Waals surface area contributed by atoms with Crippen LogP contribution in [-0.4, -0.2) is 11.2 Å². The monoisotopic (exact) mass is 319 g/mol. The molecule has 0 heterocycles. The van der Waals surface area contributed by atoms with Crippen LogP contribution in [0, 0.1) is 0 Å². The van der Waals surface area contributed by atoms with Crippen molar-refractivity contribution in [2.75, 3.05) is 5.32 Å². The Kier molecular flexibility index (Phi) is 4.77. The van der Waals surface area contributed by atoms with Crippen LogP contribution in [-0.2, 0) is 11.3 Å². The average Bonchev–Trinajstić information content (AvgIpc) is 2.62. The van der Waals surface area contributed by atoms with Crippen LogP contribution in [0.4, 0.5) is 10.5 Å². The van der Waals surface area contributed by atoms with Crippen LogP contribution in [0.3, 0.4) is 0 Å². The van der Waals surface area contributed by atoms with Gasteiger partial charge in [0.15, 0.2) is 0 Å². The Morgan fingerprint density at radius 3 is 2.04 bits per heavy atom. The SMILES string of the molecule is O=C(Nc1ccc(-c2ccc(O)cc2)cc1)OCc1ccccc1.